The molecule has 1 aliphatic heterocycles. The van der Waals surface area contributed by atoms with Gasteiger partial charge in [0.05, 0.1) is 0 Å². The number of piperazine rings is 1. The second-order valence-corrected chi connectivity index (χ2v) is 4.06. The third-order valence-corrected chi connectivity index (χ3v) is 3.06. The molecule has 1 aromatic carbocycles. The fourth-order valence-electron chi connectivity index (χ4n) is 2.13. The molecule has 16 heavy (non-hydrogen) atoms. The van der Waals surface area contributed by atoms with E-state index in [-0.39, 0.29) is 0 Å². The first kappa shape index (κ1) is 11.3. The number of halogens is 2. The van der Waals surface area contributed by atoms with Crippen LogP contribution in [0.25, 0.3) is 0 Å². The standard InChI is InChI=1S/C12H16F2N2/c1-2-9-8-15-5-6-16(9)10-3-4-11(13)12(14)7-10/h3-4,7,9,15H,2,5-6,8H2,1H3/t9-/m1/s1. The Morgan fingerprint density at radius 3 is 2.88 bits per heavy atom. The van der Waals surface area contributed by atoms with Crippen molar-refractivity contribution in [3.63, 3.8) is 0 Å². The molecule has 1 aliphatic rings. The summed E-state index contributed by atoms with van der Waals surface area (Å²) in [5.74, 6) is -1.56. The van der Waals surface area contributed by atoms with Crippen molar-refractivity contribution < 1.29 is 8.78 Å². The summed E-state index contributed by atoms with van der Waals surface area (Å²) in [6, 6.07) is 4.48. The second-order valence-electron chi connectivity index (χ2n) is 4.06. The number of hydrogen-bond acceptors (Lipinski definition) is 2. The smallest absolute Gasteiger partial charge is 0.160 e. The largest absolute Gasteiger partial charge is 0.366 e. The lowest BCUT2D eigenvalue weighted by atomic mass is 10.1. The van der Waals surface area contributed by atoms with Gasteiger partial charge in [0.2, 0.25) is 0 Å². The highest BCUT2D eigenvalue weighted by atomic mass is 19.2. The van der Waals surface area contributed by atoms with Crippen LogP contribution in [0.1, 0.15) is 13.3 Å². The van der Waals surface area contributed by atoms with Crippen LogP contribution in [0.5, 0.6) is 0 Å². The lowest BCUT2D eigenvalue weighted by molar-refractivity contribution is 0.463. The fraction of sp³-hybridized carbons (Fsp3) is 0.500. The number of hydrogen-bond donors (Lipinski definition) is 1. The van der Waals surface area contributed by atoms with Crippen molar-refractivity contribution in [2.24, 2.45) is 0 Å². The molecule has 1 N–H and O–H groups in total. The first-order chi connectivity index (χ1) is 7.72. The summed E-state index contributed by atoms with van der Waals surface area (Å²) in [5, 5.41) is 3.30. The minimum absolute atomic E-state index is 0.360. The summed E-state index contributed by atoms with van der Waals surface area (Å²) >= 11 is 0. The van der Waals surface area contributed by atoms with Crippen LogP contribution in [-0.4, -0.2) is 25.7 Å². The van der Waals surface area contributed by atoms with E-state index in [4.69, 9.17) is 0 Å². The van der Waals surface area contributed by atoms with E-state index in [1.54, 1.807) is 6.07 Å². The highest BCUT2D eigenvalue weighted by Gasteiger charge is 2.21. The third kappa shape index (κ3) is 2.16. The number of benzene rings is 1. The van der Waals surface area contributed by atoms with Crippen LogP contribution in [0.3, 0.4) is 0 Å². The maximum atomic E-state index is 13.1. The zero-order valence-corrected chi connectivity index (χ0v) is 9.34. The van der Waals surface area contributed by atoms with Crippen molar-refractivity contribution in [2.45, 2.75) is 19.4 Å². The number of rotatable bonds is 2. The van der Waals surface area contributed by atoms with Gasteiger partial charge in [0.25, 0.3) is 0 Å². The minimum atomic E-state index is -0.785. The molecule has 1 heterocycles. The first-order valence-electron chi connectivity index (χ1n) is 5.64. The van der Waals surface area contributed by atoms with E-state index in [1.165, 1.54) is 12.1 Å². The maximum Gasteiger partial charge on any atom is 0.160 e. The molecule has 88 valence electrons. The van der Waals surface area contributed by atoms with Gasteiger partial charge in [-0.15, -0.1) is 0 Å². The summed E-state index contributed by atoms with van der Waals surface area (Å²) in [6.07, 6.45) is 0.992. The summed E-state index contributed by atoms with van der Waals surface area (Å²) in [4.78, 5) is 2.14. The lowest BCUT2D eigenvalue weighted by Gasteiger charge is -2.37. The average Bonchev–Trinajstić information content (AvgIpc) is 2.32. The topological polar surface area (TPSA) is 15.3 Å². The number of anilines is 1. The van der Waals surface area contributed by atoms with Crippen molar-refractivity contribution in [3.8, 4) is 0 Å². The molecule has 0 aliphatic carbocycles. The Labute approximate surface area is 94.3 Å². The molecule has 1 atom stereocenters. The molecule has 0 unspecified atom stereocenters. The Kier molecular flexibility index (Phi) is 3.39. The average molecular weight is 226 g/mol. The van der Waals surface area contributed by atoms with E-state index in [0.29, 0.717) is 6.04 Å². The highest BCUT2D eigenvalue weighted by molar-refractivity contribution is 5.48. The Hall–Kier alpha value is -1.16. The van der Waals surface area contributed by atoms with E-state index in [1.807, 2.05) is 0 Å². The van der Waals surface area contributed by atoms with Gasteiger partial charge in [0.15, 0.2) is 11.6 Å². The van der Waals surface area contributed by atoms with Gasteiger partial charge in [-0.3, -0.25) is 0 Å². The van der Waals surface area contributed by atoms with Gasteiger partial charge in [0.1, 0.15) is 0 Å². The molecule has 1 aromatic rings. The van der Waals surface area contributed by atoms with Gasteiger partial charge in [-0.05, 0) is 18.6 Å². The van der Waals surface area contributed by atoms with Crippen molar-refractivity contribution in [1.29, 1.82) is 0 Å². The molecule has 2 nitrogen and oxygen atoms in total. The SMILES string of the molecule is CC[C@@H]1CNCCN1c1ccc(F)c(F)c1. The normalized spacial score (nSPS) is 21.2. The van der Waals surface area contributed by atoms with Gasteiger partial charge in [0, 0.05) is 37.4 Å². The van der Waals surface area contributed by atoms with Gasteiger partial charge < -0.3 is 10.2 Å². The Bertz CT molecular complexity index is 368. The van der Waals surface area contributed by atoms with Gasteiger partial charge in [-0.1, -0.05) is 6.92 Å². The summed E-state index contributed by atoms with van der Waals surface area (Å²) in [7, 11) is 0. The van der Waals surface area contributed by atoms with Crippen LogP contribution in [0.4, 0.5) is 14.5 Å². The summed E-state index contributed by atoms with van der Waals surface area (Å²) in [6.45, 7) is 4.72. The lowest BCUT2D eigenvalue weighted by Crippen LogP contribution is -2.51. The molecule has 1 fully saturated rings. The Balaban J connectivity index is 2.23. The van der Waals surface area contributed by atoms with E-state index < -0.39 is 11.6 Å². The van der Waals surface area contributed by atoms with Crippen molar-refractivity contribution >= 4 is 5.69 Å². The van der Waals surface area contributed by atoms with Crippen LogP contribution in [0, 0.1) is 11.6 Å². The molecule has 2 rings (SSSR count). The molecular weight excluding hydrogens is 210 g/mol. The molecule has 0 aromatic heterocycles. The summed E-state index contributed by atoms with van der Waals surface area (Å²) < 4.78 is 26.0. The summed E-state index contributed by atoms with van der Waals surface area (Å²) in [5.41, 5.74) is 0.771. The van der Waals surface area contributed by atoms with Gasteiger partial charge in [-0.2, -0.15) is 0 Å². The quantitative estimate of drug-likeness (QED) is 0.831. The Morgan fingerprint density at radius 2 is 2.19 bits per heavy atom. The molecule has 1 saturated heterocycles. The zero-order valence-electron chi connectivity index (χ0n) is 9.34. The molecule has 4 heteroatoms. The predicted molar refractivity (Wildman–Crippen MR) is 60.7 cm³/mol. The molecule has 0 saturated carbocycles. The van der Waals surface area contributed by atoms with Gasteiger partial charge >= 0.3 is 0 Å². The van der Waals surface area contributed by atoms with Crippen LogP contribution in [-0.2, 0) is 0 Å². The molecule has 0 amide bonds. The number of nitrogens with zero attached hydrogens (tertiary/aromatic N) is 1. The van der Waals surface area contributed by atoms with E-state index in [9.17, 15) is 8.78 Å². The van der Waals surface area contributed by atoms with E-state index in [2.05, 4.69) is 17.1 Å². The highest BCUT2D eigenvalue weighted by Crippen LogP contribution is 2.22. The fourth-order valence-corrected chi connectivity index (χ4v) is 2.13. The monoisotopic (exact) mass is 226 g/mol. The van der Waals surface area contributed by atoms with Crippen LogP contribution >= 0.6 is 0 Å². The van der Waals surface area contributed by atoms with Crippen LogP contribution in [0.2, 0.25) is 0 Å². The molecule has 0 radical (unpaired) electrons. The van der Waals surface area contributed by atoms with E-state index in [0.717, 1.165) is 31.7 Å². The molecule has 0 spiro atoms. The molecular formula is C12H16F2N2. The second kappa shape index (κ2) is 4.78. The van der Waals surface area contributed by atoms with Crippen molar-refractivity contribution in [3.05, 3.63) is 29.8 Å². The number of nitrogens with one attached hydrogen (secondary N) is 1. The Morgan fingerprint density at radius 1 is 1.38 bits per heavy atom. The van der Waals surface area contributed by atoms with Crippen molar-refractivity contribution in [2.75, 3.05) is 24.5 Å². The van der Waals surface area contributed by atoms with Crippen molar-refractivity contribution in [1.82, 2.24) is 5.32 Å². The van der Waals surface area contributed by atoms with Crippen LogP contribution < -0.4 is 10.2 Å². The minimum Gasteiger partial charge on any atom is -0.366 e. The maximum absolute atomic E-state index is 13.1. The third-order valence-electron chi connectivity index (χ3n) is 3.06. The first-order valence-corrected chi connectivity index (χ1v) is 5.64. The zero-order chi connectivity index (χ0) is 11.5. The van der Waals surface area contributed by atoms with Gasteiger partial charge in [-0.25, -0.2) is 8.78 Å². The predicted octanol–water partition coefficient (Wildman–Crippen LogP) is 2.15. The van der Waals surface area contributed by atoms with E-state index >= 15 is 0 Å². The van der Waals surface area contributed by atoms with Crippen LogP contribution in [0.15, 0.2) is 18.2 Å². The molecule has 0 bridgehead atoms.